The molecule has 2 aromatic carbocycles. The Bertz CT molecular complexity index is 1670. The summed E-state index contributed by atoms with van der Waals surface area (Å²) in [7, 11) is 0. The van der Waals surface area contributed by atoms with Gasteiger partial charge in [0.15, 0.2) is 12.2 Å². The highest BCUT2D eigenvalue weighted by Gasteiger charge is 2.41. The van der Waals surface area contributed by atoms with Crippen LogP contribution in [0, 0.1) is 0 Å². The minimum atomic E-state index is -0.779. The van der Waals surface area contributed by atoms with Crippen molar-refractivity contribution < 1.29 is 42.7 Å². The third-order valence-corrected chi connectivity index (χ3v) is 10.1. The lowest BCUT2D eigenvalue weighted by Crippen LogP contribution is -2.31. The Morgan fingerprint density at radius 1 is 0.526 bits per heavy atom. The van der Waals surface area contributed by atoms with Crippen LogP contribution >= 0.6 is 0 Å². The van der Waals surface area contributed by atoms with E-state index in [0.29, 0.717) is 25.2 Å². The molecule has 13 nitrogen and oxygen atoms in total. The highest BCUT2D eigenvalue weighted by atomic mass is 16.8. The summed E-state index contributed by atoms with van der Waals surface area (Å²) >= 11 is 0. The maximum Gasteiger partial charge on any atom is 0.508 e. The van der Waals surface area contributed by atoms with Crippen LogP contribution < -0.4 is 9.47 Å². The fourth-order valence-electron chi connectivity index (χ4n) is 6.80. The molecule has 0 bridgehead atoms. The number of nitrogens with zero attached hydrogens (tertiary/aromatic N) is 4. The Morgan fingerprint density at radius 3 is 1.25 bits per heavy atom. The van der Waals surface area contributed by atoms with Crippen molar-refractivity contribution in [1.82, 2.24) is 19.9 Å². The quantitative estimate of drug-likeness (QED) is 0.0490. The summed E-state index contributed by atoms with van der Waals surface area (Å²) in [5.41, 5.74) is 4.84. The number of hydrogen-bond acceptors (Lipinski definition) is 13. The predicted molar refractivity (Wildman–Crippen MR) is 212 cm³/mol. The van der Waals surface area contributed by atoms with E-state index in [9.17, 15) is 9.59 Å². The van der Waals surface area contributed by atoms with Gasteiger partial charge in [0.1, 0.15) is 25.4 Å². The van der Waals surface area contributed by atoms with Crippen molar-refractivity contribution in [3.8, 4) is 34.3 Å². The van der Waals surface area contributed by atoms with Gasteiger partial charge in [0.05, 0.1) is 13.2 Å². The fraction of sp³-hybridized carbons (Fsp3) is 0.500. The number of aromatic nitrogens is 4. The molecule has 2 aliphatic heterocycles. The minimum absolute atomic E-state index is 0.00935. The van der Waals surface area contributed by atoms with E-state index in [1.165, 1.54) is 51.4 Å². The molecule has 0 saturated carbocycles. The molecule has 0 amide bonds. The molecule has 2 aromatic heterocycles. The second-order valence-corrected chi connectivity index (χ2v) is 14.4. The van der Waals surface area contributed by atoms with Crippen LogP contribution in [0.3, 0.4) is 0 Å². The van der Waals surface area contributed by atoms with Crippen molar-refractivity contribution in [1.29, 1.82) is 0 Å². The Balaban J connectivity index is 1.12. The van der Waals surface area contributed by atoms with Gasteiger partial charge in [-0.2, -0.15) is 0 Å². The standard InChI is InChI=1S/C44H54N4O9/c1-3-5-7-9-11-13-23-51-41-45-25-35(26-46-41)31-15-19-33(20-16-31)39(37-29-53-43(49)55-37)57-40(38-30-54-44(50)56-38)34-21-17-32(18-22-34)36-27-47-42(48-28-36)52-24-14-12-10-8-6-4-2/h15-22,25-28,37-40H,3-14,23-24,29-30H2,1-2H3/t37?,38?,39-,40-/m0/s1. The molecule has 2 fully saturated rings. The van der Waals surface area contributed by atoms with Gasteiger partial charge >= 0.3 is 24.3 Å². The molecule has 0 radical (unpaired) electrons. The topological polar surface area (TPSA) is 150 Å². The van der Waals surface area contributed by atoms with Gasteiger partial charge in [0.2, 0.25) is 0 Å². The number of cyclic esters (lactones) is 4. The lowest BCUT2D eigenvalue weighted by molar-refractivity contribution is -0.108. The van der Waals surface area contributed by atoms with Crippen molar-refractivity contribution in [3.05, 3.63) is 84.4 Å². The van der Waals surface area contributed by atoms with Gasteiger partial charge in [-0.1, -0.05) is 127 Å². The van der Waals surface area contributed by atoms with E-state index in [1.807, 2.05) is 48.5 Å². The van der Waals surface area contributed by atoms with Crippen LogP contribution in [-0.2, 0) is 23.7 Å². The zero-order valence-electron chi connectivity index (χ0n) is 33.0. The van der Waals surface area contributed by atoms with Crippen LogP contribution in [0.4, 0.5) is 9.59 Å². The molecule has 4 heterocycles. The van der Waals surface area contributed by atoms with Crippen LogP contribution in [0.25, 0.3) is 22.3 Å². The summed E-state index contributed by atoms with van der Waals surface area (Å²) < 4.78 is 39.7. The monoisotopic (exact) mass is 782 g/mol. The van der Waals surface area contributed by atoms with Gasteiger partial charge in [-0.15, -0.1) is 0 Å². The second-order valence-electron chi connectivity index (χ2n) is 14.4. The molecule has 6 rings (SSSR count). The maximum atomic E-state index is 12.1. The summed E-state index contributed by atoms with van der Waals surface area (Å²) in [4.78, 5) is 41.9. The maximum absolute atomic E-state index is 12.1. The highest BCUT2D eigenvalue weighted by molar-refractivity contribution is 5.64. The van der Waals surface area contributed by atoms with E-state index >= 15 is 0 Å². The molecule has 13 heteroatoms. The first-order valence-electron chi connectivity index (χ1n) is 20.4. The second kappa shape index (κ2) is 21.9. The van der Waals surface area contributed by atoms with Gasteiger partial charge in [0.25, 0.3) is 0 Å². The van der Waals surface area contributed by atoms with E-state index in [0.717, 1.165) is 59.1 Å². The number of ether oxygens (including phenoxy) is 7. The average molecular weight is 783 g/mol. The smallest absolute Gasteiger partial charge is 0.463 e. The van der Waals surface area contributed by atoms with Gasteiger partial charge in [-0.3, -0.25) is 0 Å². The molecule has 2 unspecified atom stereocenters. The SMILES string of the molecule is CCCCCCCCOc1ncc(-c2ccc([C@H](O[C@@H](c3ccc(-c4cnc(OCCCCCCCC)nc4)cc3)C3COC(=O)O3)C3COC(=O)O3)cc2)cn1. The van der Waals surface area contributed by atoms with E-state index in [1.54, 1.807) is 24.8 Å². The summed E-state index contributed by atoms with van der Waals surface area (Å²) in [5.74, 6) is 0. The number of carbonyl (C=O) groups is 2. The molecule has 2 saturated heterocycles. The van der Waals surface area contributed by atoms with E-state index in [4.69, 9.17) is 33.2 Å². The minimum Gasteiger partial charge on any atom is -0.463 e. The zero-order valence-corrected chi connectivity index (χ0v) is 33.0. The Morgan fingerprint density at radius 2 is 0.895 bits per heavy atom. The third-order valence-electron chi connectivity index (χ3n) is 10.1. The molecule has 57 heavy (non-hydrogen) atoms. The molecular formula is C44H54N4O9. The summed E-state index contributed by atoms with van der Waals surface area (Å²) in [6.07, 6.45) is 16.5. The molecule has 4 aromatic rings. The van der Waals surface area contributed by atoms with Crippen molar-refractivity contribution in [2.75, 3.05) is 26.4 Å². The van der Waals surface area contributed by atoms with E-state index in [-0.39, 0.29) is 13.2 Å². The largest absolute Gasteiger partial charge is 0.508 e. The first-order chi connectivity index (χ1) is 28.0. The van der Waals surface area contributed by atoms with Crippen LogP contribution in [-0.4, -0.2) is 70.9 Å². The lowest BCUT2D eigenvalue weighted by atomic mass is 9.98. The molecule has 2 aliphatic rings. The van der Waals surface area contributed by atoms with E-state index in [2.05, 4.69) is 33.8 Å². The molecule has 0 aliphatic carbocycles. The summed E-state index contributed by atoms with van der Waals surface area (Å²) in [5, 5.41) is 0. The molecule has 0 spiro atoms. The van der Waals surface area contributed by atoms with Crippen LogP contribution in [0.5, 0.6) is 12.0 Å². The number of carbonyl (C=O) groups excluding carboxylic acids is 2. The van der Waals surface area contributed by atoms with Crippen LogP contribution in [0.2, 0.25) is 0 Å². The van der Waals surface area contributed by atoms with Crippen molar-refractivity contribution in [2.24, 2.45) is 0 Å². The van der Waals surface area contributed by atoms with E-state index < -0.39 is 36.7 Å². The van der Waals surface area contributed by atoms with Crippen molar-refractivity contribution >= 4 is 12.3 Å². The van der Waals surface area contributed by atoms with Crippen LogP contribution in [0.1, 0.15) is 114 Å². The molecule has 4 atom stereocenters. The zero-order chi connectivity index (χ0) is 39.7. The van der Waals surface area contributed by atoms with Crippen LogP contribution in [0.15, 0.2) is 73.3 Å². The van der Waals surface area contributed by atoms with Gasteiger partial charge in [-0.05, 0) is 35.1 Å². The van der Waals surface area contributed by atoms with Gasteiger partial charge in [-0.25, -0.2) is 29.5 Å². The highest BCUT2D eigenvalue weighted by Crippen LogP contribution is 2.38. The third kappa shape index (κ3) is 12.3. The molecule has 304 valence electrons. The Hall–Kier alpha value is -5.30. The number of rotatable bonds is 24. The Labute approximate surface area is 334 Å². The predicted octanol–water partition coefficient (Wildman–Crippen LogP) is 9.95. The van der Waals surface area contributed by atoms with Crippen molar-refractivity contribution in [2.45, 2.75) is 115 Å². The number of hydrogen-bond donors (Lipinski definition) is 0. The molecule has 0 N–H and O–H groups in total. The summed E-state index contributed by atoms with van der Waals surface area (Å²) in [6, 6.07) is 16.0. The fourth-order valence-corrected chi connectivity index (χ4v) is 6.80. The van der Waals surface area contributed by atoms with Gasteiger partial charge in [0, 0.05) is 35.9 Å². The first kappa shape index (κ1) is 41.3. The Kier molecular flexibility index (Phi) is 15.8. The molecular weight excluding hydrogens is 729 g/mol. The van der Waals surface area contributed by atoms with Crippen molar-refractivity contribution in [3.63, 3.8) is 0 Å². The summed E-state index contributed by atoms with van der Waals surface area (Å²) in [6.45, 7) is 5.59. The normalized spacial score (nSPS) is 17.3. The number of unbranched alkanes of at least 4 members (excludes halogenated alkanes) is 10. The first-order valence-corrected chi connectivity index (χ1v) is 20.4. The lowest BCUT2D eigenvalue weighted by Gasteiger charge is -2.30. The average Bonchev–Trinajstić information content (AvgIpc) is 3.88. The number of benzene rings is 2. The van der Waals surface area contributed by atoms with Gasteiger partial charge < -0.3 is 33.2 Å².